The second-order valence-corrected chi connectivity index (χ2v) is 11.8. The minimum atomic E-state index is -0.722. The number of allylic oxidation sites excluding steroid dienone is 2. The molecule has 1 fully saturated rings. The number of nitrogens with zero attached hydrogens (tertiary/aromatic N) is 1. The summed E-state index contributed by atoms with van der Waals surface area (Å²) in [6, 6.07) is 28.6. The van der Waals surface area contributed by atoms with E-state index in [1.54, 1.807) is 14.0 Å². The van der Waals surface area contributed by atoms with Crippen molar-refractivity contribution in [3.8, 4) is 12.3 Å². The molecule has 2 unspecified atom stereocenters. The lowest BCUT2D eigenvalue weighted by Gasteiger charge is -2.42. The van der Waals surface area contributed by atoms with Crippen LogP contribution in [0.2, 0.25) is 0 Å². The van der Waals surface area contributed by atoms with Gasteiger partial charge in [0.2, 0.25) is 0 Å². The highest BCUT2D eigenvalue weighted by Crippen LogP contribution is 2.40. The first-order valence-electron chi connectivity index (χ1n) is 16.1. The van der Waals surface area contributed by atoms with E-state index in [9.17, 15) is 9.59 Å². The molecule has 2 atom stereocenters. The van der Waals surface area contributed by atoms with E-state index < -0.39 is 17.9 Å². The number of ether oxygens (including phenoxy) is 3. The normalized spacial score (nSPS) is 18.4. The van der Waals surface area contributed by atoms with Crippen molar-refractivity contribution in [2.45, 2.75) is 38.3 Å². The van der Waals surface area contributed by atoms with Gasteiger partial charge < -0.3 is 24.8 Å². The van der Waals surface area contributed by atoms with Crippen molar-refractivity contribution >= 4 is 11.9 Å². The van der Waals surface area contributed by atoms with Crippen LogP contribution in [0.3, 0.4) is 0 Å². The zero-order chi connectivity index (χ0) is 33.2. The number of rotatable bonds is 12. The Morgan fingerprint density at radius 2 is 1.49 bits per heavy atom. The van der Waals surface area contributed by atoms with Crippen LogP contribution < -0.4 is 10.6 Å². The Bertz CT molecular complexity index is 1600. The van der Waals surface area contributed by atoms with E-state index in [4.69, 9.17) is 20.6 Å². The monoisotopic (exact) mass is 633 g/mol. The molecule has 5 rings (SSSR count). The van der Waals surface area contributed by atoms with E-state index >= 15 is 0 Å². The number of methoxy groups -OCH3 is 1. The van der Waals surface area contributed by atoms with Gasteiger partial charge in [0.05, 0.1) is 36.3 Å². The predicted octanol–water partition coefficient (Wildman–Crippen LogP) is 5.09. The summed E-state index contributed by atoms with van der Waals surface area (Å²) in [5.41, 5.74) is 5.72. The lowest BCUT2D eigenvalue weighted by Crippen LogP contribution is -2.53. The van der Waals surface area contributed by atoms with Crippen LogP contribution in [-0.4, -0.2) is 69.4 Å². The fourth-order valence-corrected chi connectivity index (χ4v) is 6.57. The third-order valence-electron chi connectivity index (χ3n) is 8.75. The molecule has 2 aliphatic rings. The molecule has 1 saturated heterocycles. The lowest BCUT2D eigenvalue weighted by molar-refractivity contribution is -0.141. The van der Waals surface area contributed by atoms with Crippen LogP contribution in [0.15, 0.2) is 107 Å². The molecule has 47 heavy (non-hydrogen) atoms. The van der Waals surface area contributed by atoms with Gasteiger partial charge in [0.15, 0.2) is 0 Å². The van der Waals surface area contributed by atoms with Gasteiger partial charge in [-0.15, -0.1) is 6.42 Å². The summed E-state index contributed by atoms with van der Waals surface area (Å²) in [7, 11) is 1.54. The molecule has 244 valence electrons. The first kappa shape index (κ1) is 33.7. The van der Waals surface area contributed by atoms with Gasteiger partial charge in [-0.05, 0) is 49.1 Å². The van der Waals surface area contributed by atoms with Gasteiger partial charge in [-0.1, -0.05) is 78.7 Å². The number of carbonyl (C=O) groups excluding carboxylic acids is 2. The highest BCUT2D eigenvalue weighted by molar-refractivity contribution is 6.00. The molecule has 0 aromatic heterocycles. The number of carbonyl (C=O) groups is 2. The van der Waals surface area contributed by atoms with Crippen molar-refractivity contribution < 1.29 is 23.8 Å². The van der Waals surface area contributed by atoms with Crippen LogP contribution in [0, 0.1) is 12.3 Å². The predicted molar refractivity (Wildman–Crippen MR) is 182 cm³/mol. The summed E-state index contributed by atoms with van der Waals surface area (Å²) >= 11 is 0. The van der Waals surface area contributed by atoms with Gasteiger partial charge in [0, 0.05) is 49.7 Å². The number of esters is 2. The third kappa shape index (κ3) is 8.01. The standard InChI is InChI=1S/C39H43N3O5/c1-5-29-13-12-18-32(25-29)36-34(27(2)41-28(3)35(36)39(44)47-24-23-45-4)38(43)46-22-19-33-26-40-20-21-42(33)37(30-14-8-6-9-15-30)31-16-10-7-11-17-31/h1,6-18,25,33,36-37,40-41H,19-24,26H2,2-4H3. The topological polar surface area (TPSA) is 89.1 Å². The lowest BCUT2D eigenvalue weighted by atomic mass is 9.80. The Hall–Kier alpha value is -4.68. The van der Waals surface area contributed by atoms with Crippen LogP contribution in [0.25, 0.3) is 0 Å². The molecule has 0 aliphatic carbocycles. The number of piperazine rings is 1. The summed E-state index contributed by atoms with van der Waals surface area (Å²) in [5.74, 6) is 0.920. The SMILES string of the molecule is C#Cc1cccc(C2C(C(=O)OCCOC)=C(C)NC(C)=C2C(=O)OCCC2CNCCN2C(c2ccccc2)c2ccccc2)c1. The molecule has 0 amide bonds. The number of nitrogens with one attached hydrogen (secondary N) is 2. The third-order valence-corrected chi connectivity index (χ3v) is 8.75. The zero-order valence-corrected chi connectivity index (χ0v) is 27.3. The van der Waals surface area contributed by atoms with Gasteiger partial charge in [-0.25, -0.2) is 9.59 Å². The first-order valence-corrected chi connectivity index (χ1v) is 16.1. The number of hydrogen-bond donors (Lipinski definition) is 2. The van der Waals surface area contributed by atoms with Crippen LogP contribution in [0.1, 0.15) is 54.5 Å². The molecule has 2 aliphatic heterocycles. The number of dihydropyridines is 1. The van der Waals surface area contributed by atoms with E-state index in [1.807, 2.05) is 43.3 Å². The number of terminal acetylenes is 1. The average Bonchev–Trinajstić information content (AvgIpc) is 3.09. The molecule has 3 aromatic rings. The van der Waals surface area contributed by atoms with Gasteiger partial charge >= 0.3 is 11.9 Å². The highest BCUT2D eigenvalue weighted by atomic mass is 16.6. The van der Waals surface area contributed by atoms with Crippen LogP contribution in [-0.2, 0) is 23.8 Å². The van der Waals surface area contributed by atoms with Crippen LogP contribution in [0.4, 0.5) is 0 Å². The molecular weight excluding hydrogens is 590 g/mol. The maximum atomic E-state index is 14.0. The van der Waals surface area contributed by atoms with Crippen molar-refractivity contribution in [3.05, 3.63) is 130 Å². The summed E-state index contributed by atoms with van der Waals surface area (Å²) in [5, 5.41) is 6.76. The van der Waals surface area contributed by atoms with Crippen LogP contribution in [0.5, 0.6) is 0 Å². The quantitative estimate of drug-likeness (QED) is 0.162. The van der Waals surface area contributed by atoms with Crippen LogP contribution >= 0.6 is 0 Å². The molecule has 2 N–H and O–H groups in total. The van der Waals surface area contributed by atoms with Crippen molar-refractivity contribution in [1.29, 1.82) is 0 Å². The number of benzene rings is 3. The Kier molecular flexibility index (Phi) is 11.6. The summed E-state index contributed by atoms with van der Waals surface area (Å²) in [6.07, 6.45) is 6.36. The van der Waals surface area contributed by atoms with E-state index in [0.717, 1.165) is 19.6 Å². The summed E-state index contributed by atoms with van der Waals surface area (Å²) in [4.78, 5) is 30.0. The number of hydrogen-bond acceptors (Lipinski definition) is 8. The minimum Gasteiger partial charge on any atom is -0.462 e. The second kappa shape index (κ2) is 16.2. The Morgan fingerprint density at radius 1 is 0.872 bits per heavy atom. The maximum Gasteiger partial charge on any atom is 0.336 e. The van der Waals surface area contributed by atoms with Crippen molar-refractivity contribution in [2.24, 2.45) is 0 Å². The second-order valence-electron chi connectivity index (χ2n) is 11.8. The van der Waals surface area contributed by atoms with Gasteiger partial charge in [0.25, 0.3) is 0 Å². The molecule has 0 bridgehead atoms. The molecule has 0 saturated carbocycles. The largest absolute Gasteiger partial charge is 0.462 e. The van der Waals surface area contributed by atoms with E-state index in [0.29, 0.717) is 40.1 Å². The Labute approximate surface area is 277 Å². The zero-order valence-electron chi connectivity index (χ0n) is 27.3. The fourth-order valence-electron chi connectivity index (χ4n) is 6.57. The summed E-state index contributed by atoms with van der Waals surface area (Å²) < 4.78 is 16.6. The fraction of sp³-hybridized carbons (Fsp3) is 0.333. The van der Waals surface area contributed by atoms with Gasteiger partial charge in [-0.3, -0.25) is 4.90 Å². The van der Waals surface area contributed by atoms with Crippen molar-refractivity contribution in [2.75, 3.05) is 46.6 Å². The van der Waals surface area contributed by atoms with E-state index in [1.165, 1.54) is 11.1 Å². The maximum absolute atomic E-state index is 14.0. The van der Waals surface area contributed by atoms with E-state index in [-0.39, 0.29) is 31.9 Å². The van der Waals surface area contributed by atoms with Gasteiger partial charge in [0.1, 0.15) is 6.61 Å². The van der Waals surface area contributed by atoms with E-state index in [2.05, 4.69) is 70.0 Å². The minimum absolute atomic E-state index is 0.0697. The molecular formula is C39H43N3O5. The average molecular weight is 634 g/mol. The van der Waals surface area contributed by atoms with Crippen molar-refractivity contribution in [3.63, 3.8) is 0 Å². The smallest absolute Gasteiger partial charge is 0.336 e. The molecule has 0 radical (unpaired) electrons. The molecule has 8 heteroatoms. The molecule has 8 nitrogen and oxygen atoms in total. The van der Waals surface area contributed by atoms with Crippen molar-refractivity contribution in [1.82, 2.24) is 15.5 Å². The Morgan fingerprint density at radius 3 is 2.09 bits per heavy atom. The highest BCUT2D eigenvalue weighted by Gasteiger charge is 2.38. The molecule has 3 aromatic carbocycles. The molecule has 2 heterocycles. The molecule has 0 spiro atoms. The summed E-state index contributed by atoms with van der Waals surface area (Å²) in [6.45, 7) is 6.68. The Balaban J connectivity index is 1.37. The van der Waals surface area contributed by atoms with Gasteiger partial charge in [-0.2, -0.15) is 0 Å². The first-order chi connectivity index (χ1) is 22.9.